The summed E-state index contributed by atoms with van der Waals surface area (Å²) in [5, 5.41) is 10.9. The maximum atomic E-state index is 11.3. The Hall–Kier alpha value is -0.670. The van der Waals surface area contributed by atoms with Gasteiger partial charge in [-0.25, -0.2) is 9.59 Å². The molecular formula is C20H37Cl3N2O10. The Balaban J connectivity index is 3.26. The number of ether oxygens (including phenoxy) is 7. The normalized spacial score (nSPS) is 11.7. The molecule has 0 radical (unpaired) electrons. The SMILES string of the molecule is CN(CCOCCOCCOCCNC(=O)OCC(Cl)(Cl)Cl)CCOCCOCCOCC(=O)O. The molecule has 0 aliphatic carbocycles. The van der Waals surface area contributed by atoms with Crippen LogP contribution in [0.4, 0.5) is 4.79 Å². The number of carbonyl (C=O) groups excluding carboxylic acids is 1. The minimum absolute atomic E-state index is 0.244. The third-order valence-electron chi connectivity index (χ3n) is 3.83. The fourth-order valence-electron chi connectivity index (χ4n) is 2.12. The maximum absolute atomic E-state index is 11.3. The number of alkyl halides is 3. The quantitative estimate of drug-likeness (QED) is 0.128. The Bertz CT molecular complexity index is 530. The highest BCUT2D eigenvalue weighted by molar-refractivity contribution is 6.67. The van der Waals surface area contributed by atoms with E-state index in [0.29, 0.717) is 66.1 Å². The smallest absolute Gasteiger partial charge is 0.407 e. The number of hydrogen-bond donors (Lipinski definition) is 2. The molecule has 1 amide bonds. The summed E-state index contributed by atoms with van der Waals surface area (Å²) in [4.78, 5) is 23.6. The molecule has 0 aliphatic rings. The molecule has 0 aromatic rings. The average Bonchev–Trinajstić information content (AvgIpc) is 2.79. The number of carbonyl (C=O) groups is 2. The van der Waals surface area contributed by atoms with E-state index in [-0.39, 0.29) is 26.4 Å². The standard InChI is InChI=1S/C20H37Cl3N2O10/c1-25(4-7-31-10-13-33-14-15-34-16-18(26)27)3-6-30-9-12-32-11-8-29-5-2-24-19(28)35-17-20(21,22)23/h2-17H2,1H3,(H,24,28)(H,26,27). The Morgan fingerprint density at radius 3 is 1.63 bits per heavy atom. The number of nitrogens with zero attached hydrogens (tertiary/aromatic N) is 1. The highest BCUT2D eigenvalue weighted by Gasteiger charge is 2.21. The fourth-order valence-corrected chi connectivity index (χ4v) is 2.28. The molecule has 0 fully saturated rings. The fraction of sp³-hybridized carbons (Fsp3) is 0.900. The number of likely N-dealkylation sites (N-methyl/N-ethyl adjacent to an activating group) is 1. The van der Waals surface area contributed by atoms with Crippen LogP contribution in [0.1, 0.15) is 0 Å². The maximum Gasteiger partial charge on any atom is 0.407 e. The molecule has 0 saturated carbocycles. The largest absolute Gasteiger partial charge is 0.480 e. The molecule has 2 N–H and O–H groups in total. The Kier molecular flexibility index (Phi) is 23.3. The summed E-state index contributed by atoms with van der Waals surface area (Å²) < 4.78 is 34.9. The van der Waals surface area contributed by atoms with E-state index < -0.39 is 15.9 Å². The molecule has 0 rings (SSSR count). The Labute approximate surface area is 221 Å². The monoisotopic (exact) mass is 570 g/mol. The molecule has 0 aromatic carbocycles. The van der Waals surface area contributed by atoms with Crippen molar-refractivity contribution in [1.29, 1.82) is 0 Å². The second kappa shape index (κ2) is 23.7. The van der Waals surface area contributed by atoms with E-state index >= 15 is 0 Å². The van der Waals surface area contributed by atoms with Crippen LogP contribution in [-0.2, 0) is 38.0 Å². The first-order chi connectivity index (χ1) is 16.7. The number of amides is 1. The molecule has 0 atom stereocenters. The molecular weight excluding hydrogens is 535 g/mol. The van der Waals surface area contributed by atoms with Crippen molar-refractivity contribution >= 4 is 46.9 Å². The van der Waals surface area contributed by atoms with E-state index in [1.165, 1.54) is 0 Å². The van der Waals surface area contributed by atoms with Gasteiger partial charge in [0.05, 0.1) is 72.7 Å². The van der Waals surface area contributed by atoms with Crippen LogP contribution < -0.4 is 5.32 Å². The zero-order valence-corrected chi connectivity index (χ0v) is 22.3. The summed E-state index contributed by atoms with van der Waals surface area (Å²) in [7, 11) is 1.98. The molecule has 35 heavy (non-hydrogen) atoms. The van der Waals surface area contributed by atoms with Crippen LogP contribution >= 0.6 is 34.8 Å². The molecule has 12 nitrogen and oxygen atoms in total. The topological polar surface area (TPSA) is 134 Å². The number of halogens is 3. The van der Waals surface area contributed by atoms with Gasteiger partial charge in [-0.05, 0) is 7.05 Å². The van der Waals surface area contributed by atoms with Crippen molar-refractivity contribution in [3.8, 4) is 0 Å². The lowest BCUT2D eigenvalue weighted by molar-refractivity contribution is -0.142. The van der Waals surface area contributed by atoms with Crippen molar-refractivity contribution in [1.82, 2.24) is 10.2 Å². The van der Waals surface area contributed by atoms with Gasteiger partial charge in [0.15, 0.2) is 0 Å². The van der Waals surface area contributed by atoms with Gasteiger partial charge in [0.1, 0.15) is 13.2 Å². The van der Waals surface area contributed by atoms with Crippen LogP contribution in [0.2, 0.25) is 0 Å². The predicted molar refractivity (Wildman–Crippen MR) is 130 cm³/mol. The minimum Gasteiger partial charge on any atom is -0.480 e. The van der Waals surface area contributed by atoms with Crippen molar-refractivity contribution < 1.29 is 47.9 Å². The van der Waals surface area contributed by atoms with Gasteiger partial charge in [-0.15, -0.1) is 0 Å². The van der Waals surface area contributed by atoms with E-state index in [4.69, 9.17) is 73.1 Å². The Morgan fingerprint density at radius 2 is 1.17 bits per heavy atom. The summed E-state index contributed by atoms with van der Waals surface area (Å²) >= 11 is 16.4. The Morgan fingerprint density at radius 1 is 0.743 bits per heavy atom. The van der Waals surface area contributed by atoms with Crippen LogP contribution in [0.15, 0.2) is 0 Å². The summed E-state index contributed by atoms with van der Waals surface area (Å²) in [5.74, 6) is -0.997. The van der Waals surface area contributed by atoms with E-state index in [9.17, 15) is 9.59 Å². The highest BCUT2D eigenvalue weighted by Crippen LogP contribution is 2.25. The zero-order chi connectivity index (χ0) is 26.2. The van der Waals surface area contributed by atoms with Crippen LogP contribution in [0.25, 0.3) is 0 Å². The van der Waals surface area contributed by atoms with Crippen molar-refractivity contribution in [3.63, 3.8) is 0 Å². The van der Waals surface area contributed by atoms with Crippen molar-refractivity contribution in [2.45, 2.75) is 3.79 Å². The van der Waals surface area contributed by atoms with Gasteiger partial charge in [0, 0.05) is 19.6 Å². The molecule has 0 spiro atoms. The van der Waals surface area contributed by atoms with Crippen molar-refractivity contribution in [3.05, 3.63) is 0 Å². The second-order valence-corrected chi connectivity index (χ2v) is 9.45. The lowest BCUT2D eigenvalue weighted by atomic mass is 10.5. The van der Waals surface area contributed by atoms with Crippen LogP contribution in [0, 0.1) is 0 Å². The molecule has 0 aromatic heterocycles. The number of rotatable bonds is 24. The van der Waals surface area contributed by atoms with Gasteiger partial charge in [0.2, 0.25) is 3.79 Å². The molecule has 0 heterocycles. The molecule has 208 valence electrons. The van der Waals surface area contributed by atoms with E-state index in [1.807, 2.05) is 7.05 Å². The van der Waals surface area contributed by atoms with E-state index in [2.05, 4.69) is 10.2 Å². The van der Waals surface area contributed by atoms with Crippen molar-refractivity contribution in [2.75, 3.05) is 113 Å². The number of alkyl carbamates (subject to hydrolysis) is 1. The summed E-state index contributed by atoms with van der Waals surface area (Å²) in [6, 6.07) is 0. The molecule has 0 bridgehead atoms. The van der Waals surface area contributed by atoms with Crippen molar-refractivity contribution in [2.24, 2.45) is 0 Å². The van der Waals surface area contributed by atoms with Gasteiger partial charge in [-0.2, -0.15) is 0 Å². The first-order valence-corrected chi connectivity index (χ1v) is 12.2. The zero-order valence-electron chi connectivity index (χ0n) is 20.0. The third kappa shape index (κ3) is 29.5. The van der Waals surface area contributed by atoms with Gasteiger partial charge in [-0.3, -0.25) is 0 Å². The number of carboxylic acids is 1. The number of nitrogens with one attached hydrogen (secondary N) is 1. The summed E-state index contributed by atoms with van der Waals surface area (Å²) in [5.41, 5.74) is 0. The minimum atomic E-state index is -1.64. The van der Waals surface area contributed by atoms with Gasteiger partial charge in [0.25, 0.3) is 0 Å². The van der Waals surface area contributed by atoms with E-state index in [1.54, 1.807) is 0 Å². The third-order valence-corrected chi connectivity index (χ3v) is 4.16. The molecule has 0 saturated heterocycles. The lowest BCUT2D eigenvalue weighted by Gasteiger charge is -2.16. The highest BCUT2D eigenvalue weighted by atomic mass is 35.6. The molecule has 0 unspecified atom stereocenters. The predicted octanol–water partition coefficient (Wildman–Crippen LogP) is 1.20. The molecule has 15 heteroatoms. The van der Waals surface area contributed by atoms with Crippen LogP contribution in [0.5, 0.6) is 0 Å². The summed E-state index contributed by atoms with van der Waals surface area (Å²) in [6.45, 7) is 5.80. The van der Waals surface area contributed by atoms with E-state index in [0.717, 1.165) is 13.1 Å². The van der Waals surface area contributed by atoms with Crippen LogP contribution in [-0.4, -0.2) is 138 Å². The van der Waals surface area contributed by atoms with Crippen LogP contribution in [0.3, 0.4) is 0 Å². The summed E-state index contributed by atoms with van der Waals surface area (Å²) in [6.07, 6.45) is -0.685. The first kappa shape index (κ1) is 34.3. The number of carboxylic acid groups (broad SMARTS) is 1. The first-order valence-electron chi connectivity index (χ1n) is 11.0. The van der Waals surface area contributed by atoms with Gasteiger partial charge in [-0.1, -0.05) is 34.8 Å². The number of hydrogen-bond acceptors (Lipinski definition) is 10. The second-order valence-electron chi connectivity index (χ2n) is 6.93. The lowest BCUT2D eigenvalue weighted by Crippen LogP contribution is -2.30. The van der Waals surface area contributed by atoms with Gasteiger partial charge < -0.3 is 48.5 Å². The van der Waals surface area contributed by atoms with Gasteiger partial charge >= 0.3 is 12.1 Å². The molecule has 0 aliphatic heterocycles. The number of aliphatic carboxylic acids is 1. The average molecular weight is 572 g/mol.